The summed E-state index contributed by atoms with van der Waals surface area (Å²) in [6.07, 6.45) is 2.69. The number of carbonyl (C=O) groups is 1. The summed E-state index contributed by atoms with van der Waals surface area (Å²) < 4.78 is 18.9. The first-order chi connectivity index (χ1) is 20.3. The average Bonchev–Trinajstić information content (AvgIpc) is 3.68. The maximum Gasteiger partial charge on any atom is 0.234 e. The molecular formula is C33H34N4O4S. The molecule has 1 N–H and O–H groups in total. The number of thioether (sulfide) groups is 1. The van der Waals surface area contributed by atoms with Gasteiger partial charge in [0.05, 0.1) is 25.7 Å². The fraction of sp³-hybridized carbons (Fsp3) is 0.242. The molecule has 5 aromatic rings. The number of hydrogen-bond acceptors (Lipinski definition) is 7. The maximum absolute atomic E-state index is 12.8. The third-order valence-corrected chi connectivity index (χ3v) is 8.13. The number of benzene rings is 3. The van der Waals surface area contributed by atoms with E-state index >= 15 is 0 Å². The Morgan fingerprint density at radius 1 is 0.952 bits per heavy atom. The number of ether oxygens (including phenoxy) is 2. The lowest BCUT2D eigenvalue weighted by Crippen LogP contribution is -2.15. The maximum atomic E-state index is 12.8. The number of furan rings is 1. The minimum atomic E-state index is -0.154. The fourth-order valence-corrected chi connectivity index (χ4v) is 5.06. The van der Waals surface area contributed by atoms with Crippen molar-refractivity contribution in [2.45, 2.75) is 44.3 Å². The van der Waals surface area contributed by atoms with Crippen LogP contribution in [0, 0.1) is 0 Å². The molecule has 5 rings (SSSR count). The Kier molecular flexibility index (Phi) is 8.97. The van der Waals surface area contributed by atoms with Gasteiger partial charge in [0.1, 0.15) is 23.0 Å². The van der Waals surface area contributed by atoms with E-state index in [1.165, 1.54) is 17.3 Å². The highest BCUT2D eigenvalue weighted by Gasteiger charge is 2.19. The largest absolute Gasteiger partial charge is 0.497 e. The first kappa shape index (κ1) is 29.0. The van der Waals surface area contributed by atoms with Crippen molar-refractivity contribution in [1.29, 1.82) is 0 Å². The minimum Gasteiger partial charge on any atom is -0.497 e. The lowest BCUT2D eigenvalue weighted by molar-refractivity contribution is -0.113. The number of nitrogens with zero attached hydrogens (tertiary/aromatic N) is 3. The quantitative estimate of drug-likeness (QED) is 0.150. The summed E-state index contributed by atoms with van der Waals surface area (Å²) in [6, 6.07) is 26.9. The van der Waals surface area contributed by atoms with Crippen molar-refractivity contribution in [2.24, 2.45) is 0 Å². The van der Waals surface area contributed by atoms with Crippen LogP contribution in [-0.2, 0) is 16.8 Å². The molecule has 0 aliphatic carbocycles. The van der Waals surface area contributed by atoms with Gasteiger partial charge in [-0.25, -0.2) is 0 Å². The van der Waals surface area contributed by atoms with Crippen LogP contribution in [0.1, 0.15) is 38.5 Å². The van der Waals surface area contributed by atoms with E-state index in [0.29, 0.717) is 29.0 Å². The Balaban J connectivity index is 1.21. The number of anilines is 1. The van der Waals surface area contributed by atoms with E-state index < -0.39 is 0 Å². The molecule has 216 valence electrons. The predicted octanol–water partition coefficient (Wildman–Crippen LogP) is 7.81. The van der Waals surface area contributed by atoms with Gasteiger partial charge in [-0.3, -0.25) is 9.36 Å². The van der Waals surface area contributed by atoms with Gasteiger partial charge in [-0.15, -0.1) is 10.2 Å². The molecule has 8 nitrogen and oxygen atoms in total. The molecule has 9 heteroatoms. The topological polar surface area (TPSA) is 91.4 Å². The van der Waals surface area contributed by atoms with Crippen molar-refractivity contribution < 1.29 is 18.7 Å². The smallest absolute Gasteiger partial charge is 0.234 e. The number of methoxy groups -OCH3 is 1. The molecule has 0 aliphatic rings. The van der Waals surface area contributed by atoms with E-state index in [4.69, 9.17) is 13.9 Å². The van der Waals surface area contributed by atoms with Gasteiger partial charge in [0.25, 0.3) is 0 Å². The number of aromatic nitrogens is 3. The molecule has 0 radical (unpaired) electrons. The highest BCUT2D eigenvalue weighted by molar-refractivity contribution is 7.99. The van der Waals surface area contributed by atoms with Crippen molar-refractivity contribution in [2.75, 3.05) is 18.2 Å². The van der Waals surface area contributed by atoms with Crippen LogP contribution in [0.4, 0.5) is 5.69 Å². The number of nitrogens with one attached hydrogen (secondary N) is 1. The van der Waals surface area contributed by atoms with E-state index in [1.807, 2.05) is 77.4 Å². The molecule has 0 fully saturated rings. The number of amides is 1. The molecule has 2 heterocycles. The normalized spacial score (nSPS) is 11.3. The summed E-state index contributed by atoms with van der Waals surface area (Å²) in [4.78, 5) is 12.8. The van der Waals surface area contributed by atoms with Gasteiger partial charge < -0.3 is 19.2 Å². The molecule has 0 saturated carbocycles. The Morgan fingerprint density at radius 2 is 1.69 bits per heavy atom. The molecule has 0 saturated heterocycles. The summed E-state index contributed by atoms with van der Waals surface area (Å²) in [5.41, 5.74) is 2.95. The summed E-state index contributed by atoms with van der Waals surface area (Å²) in [6.45, 7) is 7.09. The molecule has 3 aromatic carbocycles. The van der Waals surface area contributed by atoms with Crippen molar-refractivity contribution >= 4 is 23.4 Å². The molecule has 0 aliphatic heterocycles. The molecule has 42 heavy (non-hydrogen) atoms. The number of rotatable bonds is 12. The van der Waals surface area contributed by atoms with E-state index in [1.54, 1.807) is 13.4 Å². The predicted molar refractivity (Wildman–Crippen MR) is 165 cm³/mol. The highest BCUT2D eigenvalue weighted by atomic mass is 32.2. The lowest BCUT2D eigenvalue weighted by Gasteiger charge is -2.23. The zero-order valence-electron chi connectivity index (χ0n) is 24.2. The van der Waals surface area contributed by atoms with Crippen LogP contribution in [-0.4, -0.2) is 33.5 Å². The Labute approximate surface area is 250 Å². The van der Waals surface area contributed by atoms with E-state index in [-0.39, 0.29) is 17.1 Å². The van der Waals surface area contributed by atoms with Crippen LogP contribution >= 0.6 is 11.8 Å². The van der Waals surface area contributed by atoms with E-state index in [9.17, 15) is 4.79 Å². The number of carbonyl (C=O) groups excluding carboxylic acids is 1. The van der Waals surface area contributed by atoms with Gasteiger partial charge in [0.2, 0.25) is 5.91 Å². The molecular weight excluding hydrogens is 548 g/mol. The van der Waals surface area contributed by atoms with Crippen molar-refractivity contribution in [1.82, 2.24) is 14.8 Å². The zero-order chi connectivity index (χ0) is 29.5. The third-order valence-electron chi connectivity index (χ3n) is 7.16. The van der Waals surface area contributed by atoms with Gasteiger partial charge in [-0.05, 0) is 78.1 Å². The van der Waals surface area contributed by atoms with Crippen molar-refractivity contribution in [3.8, 4) is 28.6 Å². The van der Waals surface area contributed by atoms with Crippen LogP contribution < -0.4 is 14.8 Å². The second kappa shape index (κ2) is 13.0. The third kappa shape index (κ3) is 7.03. The van der Waals surface area contributed by atoms with Gasteiger partial charge in [-0.2, -0.15) is 0 Å². The van der Waals surface area contributed by atoms with E-state index in [2.05, 4.69) is 48.4 Å². The first-order valence-electron chi connectivity index (χ1n) is 13.8. The molecule has 1 amide bonds. The summed E-state index contributed by atoms with van der Waals surface area (Å²) >= 11 is 1.31. The van der Waals surface area contributed by atoms with E-state index in [0.717, 1.165) is 29.2 Å². The summed E-state index contributed by atoms with van der Waals surface area (Å²) in [5, 5.41) is 12.4. The average molecular weight is 583 g/mol. The van der Waals surface area contributed by atoms with Gasteiger partial charge >= 0.3 is 0 Å². The highest BCUT2D eigenvalue weighted by Crippen LogP contribution is 2.31. The second-order valence-corrected chi connectivity index (χ2v) is 11.4. The SMILES string of the molecule is CCC(C)(C)c1ccc(Oc2ccc(NC(=O)CSc3nnc(-c4cccc(OC)c4)n3Cc3ccco3)cc2)cc1. The molecule has 0 atom stereocenters. The van der Waals surface area contributed by atoms with Gasteiger partial charge in [-0.1, -0.05) is 56.8 Å². The molecule has 0 bridgehead atoms. The summed E-state index contributed by atoms with van der Waals surface area (Å²) in [7, 11) is 1.62. The monoisotopic (exact) mass is 582 g/mol. The standard InChI is InChI=1S/C33H34N4O4S/c1-5-33(2,3)24-11-15-26(16-12-24)41-27-17-13-25(14-18-27)34-30(38)22-42-32-36-35-31(23-8-6-9-28(20-23)39-4)37(32)21-29-10-7-19-40-29/h6-20H,5,21-22H2,1-4H3,(H,34,38). The Hall–Kier alpha value is -4.50. The van der Waals surface area contributed by atoms with Crippen molar-refractivity contribution in [3.63, 3.8) is 0 Å². The van der Waals surface area contributed by atoms with Gasteiger partial charge in [0, 0.05) is 11.3 Å². The van der Waals surface area contributed by atoms with Crippen molar-refractivity contribution in [3.05, 3.63) is 103 Å². The van der Waals surface area contributed by atoms with Crippen LogP contribution in [0.5, 0.6) is 17.2 Å². The number of hydrogen-bond donors (Lipinski definition) is 1. The minimum absolute atomic E-state index is 0.129. The zero-order valence-corrected chi connectivity index (χ0v) is 25.0. The molecule has 0 spiro atoms. The summed E-state index contributed by atoms with van der Waals surface area (Å²) in [5.74, 6) is 3.61. The van der Waals surface area contributed by atoms with Crippen LogP contribution in [0.25, 0.3) is 11.4 Å². The van der Waals surface area contributed by atoms with Crippen LogP contribution in [0.2, 0.25) is 0 Å². The molecule has 0 unspecified atom stereocenters. The molecule has 2 aromatic heterocycles. The lowest BCUT2D eigenvalue weighted by atomic mass is 9.82. The van der Waals surface area contributed by atoms with Crippen LogP contribution in [0.3, 0.4) is 0 Å². The first-order valence-corrected chi connectivity index (χ1v) is 14.7. The second-order valence-electron chi connectivity index (χ2n) is 10.4. The van der Waals surface area contributed by atoms with Crippen LogP contribution in [0.15, 0.2) is 101 Å². The Morgan fingerprint density at radius 3 is 2.36 bits per heavy atom. The Bertz CT molecular complexity index is 1610. The fourth-order valence-electron chi connectivity index (χ4n) is 4.32. The van der Waals surface area contributed by atoms with Gasteiger partial charge in [0.15, 0.2) is 11.0 Å².